The average Bonchev–Trinajstić information content (AvgIpc) is 3.16. The van der Waals surface area contributed by atoms with Crippen LogP contribution in [-0.4, -0.2) is 60.8 Å². The molecule has 0 radical (unpaired) electrons. The summed E-state index contributed by atoms with van der Waals surface area (Å²) in [5.74, 6) is 1.67. The van der Waals surface area contributed by atoms with E-state index in [0.717, 1.165) is 70.0 Å². The molecule has 1 spiro atoms. The normalized spacial score (nSPS) is 21.0. The van der Waals surface area contributed by atoms with Crippen molar-refractivity contribution in [1.82, 2.24) is 15.0 Å². The Balaban J connectivity index is 1.48. The summed E-state index contributed by atoms with van der Waals surface area (Å²) in [5.41, 5.74) is 1.21. The van der Waals surface area contributed by atoms with Gasteiger partial charge < -0.3 is 14.2 Å². The van der Waals surface area contributed by atoms with E-state index in [1.807, 2.05) is 4.90 Å². The molecule has 1 aromatic rings. The highest BCUT2D eigenvalue weighted by atomic mass is 16.5. The van der Waals surface area contributed by atoms with Crippen molar-refractivity contribution in [2.24, 2.45) is 5.41 Å². The van der Waals surface area contributed by atoms with E-state index in [2.05, 4.69) is 30.0 Å². The zero-order valence-electron chi connectivity index (χ0n) is 15.8. The Labute approximate surface area is 150 Å². The van der Waals surface area contributed by atoms with Crippen molar-refractivity contribution >= 4 is 5.91 Å². The van der Waals surface area contributed by atoms with Gasteiger partial charge in [-0.1, -0.05) is 19.0 Å². The highest BCUT2D eigenvalue weighted by molar-refractivity contribution is 5.79. The summed E-state index contributed by atoms with van der Waals surface area (Å²) < 4.78 is 10.6. The summed E-state index contributed by atoms with van der Waals surface area (Å²) in [7, 11) is 1.71. The molecular formula is C19H31N3O3. The predicted octanol–water partition coefficient (Wildman–Crippen LogP) is 2.65. The summed E-state index contributed by atoms with van der Waals surface area (Å²) in [6.45, 7) is 9.59. The van der Waals surface area contributed by atoms with E-state index in [-0.39, 0.29) is 5.41 Å². The lowest BCUT2D eigenvalue weighted by Gasteiger charge is -2.38. The largest absolute Gasteiger partial charge is 0.385 e. The van der Waals surface area contributed by atoms with Crippen molar-refractivity contribution in [3.63, 3.8) is 0 Å². The third kappa shape index (κ3) is 4.42. The number of amides is 1. The van der Waals surface area contributed by atoms with Crippen LogP contribution in [0.25, 0.3) is 0 Å². The van der Waals surface area contributed by atoms with Crippen molar-refractivity contribution in [3.8, 4) is 0 Å². The van der Waals surface area contributed by atoms with Crippen molar-refractivity contribution in [3.05, 3.63) is 17.5 Å². The van der Waals surface area contributed by atoms with E-state index in [0.29, 0.717) is 18.2 Å². The fourth-order valence-corrected chi connectivity index (χ4v) is 4.00. The number of likely N-dealkylation sites (tertiary alicyclic amines) is 2. The van der Waals surface area contributed by atoms with Crippen LogP contribution in [0.1, 0.15) is 56.9 Å². The molecule has 0 saturated carbocycles. The molecule has 1 amide bonds. The first kappa shape index (κ1) is 18.4. The molecule has 0 bridgehead atoms. The number of methoxy groups -OCH3 is 1. The molecule has 2 aliphatic rings. The third-order valence-corrected chi connectivity index (χ3v) is 5.65. The van der Waals surface area contributed by atoms with Gasteiger partial charge in [-0.15, -0.1) is 0 Å². The third-order valence-electron chi connectivity index (χ3n) is 5.65. The predicted molar refractivity (Wildman–Crippen MR) is 95.2 cm³/mol. The van der Waals surface area contributed by atoms with Gasteiger partial charge in [0.1, 0.15) is 0 Å². The Bertz CT molecular complexity index is 576. The minimum Gasteiger partial charge on any atom is -0.385 e. The lowest BCUT2D eigenvalue weighted by atomic mass is 9.77. The zero-order chi connectivity index (χ0) is 17.9. The topological polar surface area (TPSA) is 58.8 Å². The van der Waals surface area contributed by atoms with Gasteiger partial charge in [-0.2, -0.15) is 0 Å². The van der Waals surface area contributed by atoms with Gasteiger partial charge in [-0.05, 0) is 43.7 Å². The first-order chi connectivity index (χ1) is 12.0. The second-order valence-corrected chi connectivity index (χ2v) is 7.99. The van der Waals surface area contributed by atoms with Gasteiger partial charge in [-0.3, -0.25) is 9.69 Å². The smallest absolute Gasteiger partial charge is 0.223 e. The van der Waals surface area contributed by atoms with Gasteiger partial charge in [0.25, 0.3) is 0 Å². The molecule has 0 unspecified atom stereocenters. The number of piperidine rings is 1. The molecule has 2 aliphatic heterocycles. The van der Waals surface area contributed by atoms with Crippen LogP contribution < -0.4 is 0 Å². The molecule has 1 aromatic heterocycles. The van der Waals surface area contributed by atoms with Crippen LogP contribution >= 0.6 is 0 Å². The van der Waals surface area contributed by atoms with Crippen LogP contribution in [-0.2, 0) is 16.1 Å². The second-order valence-electron chi connectivity index (χ2n) is 7.99. The summed E-state index contributed by atoms with van der Waals surface area (Å²) in [5, 5.41) is 4.14. The number of nitrogens with zero attached hydrogens (tertiary/aromatic N) is 3. The van der Waals surface area contributed by atoms with Crippen molar-refractivity contribution < 1.29 is 14.1 Å². The number of aromatic nitrogens is 1. The number of ether oxygens (including phenoxy) is 1. The van der Waals surface area contributed by atoms with Gasteiger partial charge >= 0.3 is 0 Å². The van der Waals surface area contributed by atoms with Crippen LogP contribution in [0.15, 0.2) is 10.6 Å². The van der Waals surface area contributed by atoms with Crippen LogP contribution in [0.3, 0.4) is 0 Å². The lowest BCUT2D eigenvalue weighted by Crippen LogP contribution is -2.41. The zero-order valence-corrected chi connectivity index (χ0v) is 15.8. The number of carbonyl (C=O) groups excluding carboxylic acids is 1. The Morgan fingerprint density at radius 1 is 1.36 bits per heavy atom. The fraction of sp³-hybridized carbons (Fsp3) is 0.789. The van der Waals surface area contributed by atoms with Gasteiger partial charge in [0.15, 0.2) is 5.76 Å². The van der Waals surface area contributed by atoms with E-state index in [9.17, 15) is 4.79 Å². The second kappa shape index (κ2) is 7.87. The summed E-state index contributed by atoms with van der Waals surface area (Å²) in [4.78, 5) is 16.8. The number of hydrogen-bond donors (Lipinski definition) is 0. The molecule has 0 N–H and O–H groups in total. The number of rotatable bonds is 7. The molecule has 0 aliphatic carbocycles. The summed E-state index contributed by atoms with van der Waals surface area (Å²) in [6.07, 6.45) is 3.82. The summed E-state index contributed by atoms with van der Waals surface area (Å²) >= 11 is 0. The number of carbonyl (C=O) groups is 1. The van der Waals surface area contributed by atoms with Crippen LogP contribution in [0.5, 0.6) is 0 Å². The monoisotopic (exact) mass is 349 g/mol. The Morgan fingerprint density at radius 3 is 2.76 bits per heavy atom. The van der Waals surface area contributed by atoms with Crippen molar-refractivity contribution in [1.29, 1.82) is 0 Å². The molecule has 3 rings (SSSR count). The molecule has 3 heterocycles. The molecule has 2 saturated heterocycles. The maximum absolute atomic E-state index is 12.3. The van der Waals surface area contributed by atoms with Crippen molar-refractivity contribution in [2.45, 2.75) is 52.0 Å². The van der Waals surface area contributed by atoms with E-state index in [1.165, 1.54) is 0 Å². The van der Waals surface area contributed by atoms with Gasteiger partial charge in [0, 0.05) is 39.3 Å². The Kier molecular flexibility index (Phi) is 5.79. The molecular weight excluding hydrogens is 318 g/mol. The summed E-state index contributed by atoms with van der Waals surface area (Å²) in [6, 6.07) is 2.08. The molecule has 0 aromatic carbocycles. The molecule has 140 valence electrons. The molecule has 25 heavy (non-hydrogen) atoms. The van der Waals surface area contributed by atoms with E-state index < -0.39 is 0 Å². The average molecular weight is 349 g/mol. The highest BCUT2D eigenvalue weighted by Gasteiger charge is 2.44. The fourth-order valence-electron chi connectivity index (χ4n) is 4.00. The maximum Gasteiger partial charge on any atom is 0.223 e. The van der Waals surface area contributed by atoms with E-state index in [1.54, 1.807) is 7.11 Å². The van der Waals surface area contributed by atoms with Gasteiger partial charge in [-0.25, -0.2) is 0 Å². The van der Waals surface area contributed by atoms with Crippen LogP contribution in [0, 0.1) is 5.41 Å². The van der Waals surface area contributed by atoms with E-state index >= 15 is 0 Å². The molecule has 6 nitrogen and oxygen atoms in total. The van der Waals surface area contributed by atoms with E-state index in [4.69, 9.17) is 9.26 Å². The number of hydrogen-bond acceptors (Lipinski definition) is 5. The van der Waals surface area contributed by atoms with Gasteiger partial charge in [0.05, 0.1) is 12.2 Å². The van der Waals surface area contributed by atoms with Crippen molar-refractivity contribution in [2.75, 3.05) is 39.9 Å². The first-order valence-corrected chi connectivity index (χ1v) is 9.46. The standard InChI is InChI=1S/C19H31N3O3/c1-15(2)17-11-16(25-20-17)13-21-8-5-19(6-9-21)12-18(23)22(14-19)7-4-10-24-3/h11,15H,4-10,12-14H2,1-3H3. The highest BCUT2D eigenvalue weighted by Crippen LogP contribution is 2.41. The Morgan fingerprint density at radius 2 is 2.12 bits per heavy atom. The quantitative estimate of drug-likeness (QED) is 0.708. The van der Waals surface area contributed by atoms with Gasteiger partial charge in [0.2, 0.25) is 5.91 Å². The minimum absolute atomic E-state index is 0.186. The Hall–Kier alpha value is -1.40. The minimum atomic E-state index is 0.186. The molecule has 0 atom stereocenters. The maximum atomic E-state index is 12.3. The lowest BCUT2D eigenvalue weighted by molar-refractivity contribution is -0.128. The molecule has 6 heteroatoms. The SMILES string of the molecule is COCCCN1CC2(CCN(Cc3cc(C(C)C)no3)CC2)CC1=O. The van der Waals surface area contributed by atoms with Crippen LogP contribution in [0.4, 0.5) is 0 Å². The van der Waals surface area contributed by atoms with Crippen LogP contribution in [0.2, 0.25) is 0 Å². The molecule has 2 fully saturated rings. The first-order valence-electron chi connectivity index (χ1n) is 9.46.